The molecule has 11 nitrogen and oxygen atoms in total. The number of nitrogens with one attached hydrogen (secondary N) is 1. The number of pyridine rings is 2. The Morgan fingerprint density at radius 2 is 1.75 bits per heavy atom. The van der Waals surface area contributed by atoms with E-state index in [4.69, 9.17) is 9.47 Å². The molecule has 0 unspecified atom stereocenters. The maximum Gasteiger partial charge on any atom is 0.284 e. The van der Waals surface area contributed by atoms with Crippen molar-refractivity contribution in [2.24, 2.45) is 0 Å². The van der Waals surface area contributed by atoms with E-state index < -0.39 is 25.4 Å². The van der Waals surface area contributed by atoms with Gasteiger partial charge in [0, 0.05) is 17.6 Å². The van der Waals surface area contributed by atoms with Crippen LogP contribution in [-0.2, 0) is 6.54 Å². The van der Waals surface area contributed by atoms with Gasteiger partial charge in [-0.05, 0) is 76.3 Å². The second-order valence-corrected chi connectivity index (χ2v) is 15.7. The fourth-order valence-electron chi connectivity index (χ4n) is 4.65. The van der Waals surface area contributed by atoms with Crippen LogP contribution in [0.1, 0.15) is 29.9 Å². The van der Waals surface area contributed by atoms with Crippen LogP contribution < -0.4 is 20.3 Å². The van der Waals surface area contributed by atoms with E-state index in [2.05, 4.69) is 15.3 Å². The topological polar surface area (TPSA) is 141 Å². The number of nitrogens with zero attached hydrogens (tertiary/aromatic N) is 4. The molecule has 5 rings (SSSR count). The van der Waals surface area contributed by atoms with Crippen LogP contribution in [0.25, 0.3) is 16.6 Å². The molecule has 0 atom stereocenters. The first-order valence-corrected chi connectivity index (χ1v) is 17.2. The second kappa shape index (κ2) is 12.1. The van der Waals surface area contributed by atoms with Gasteiger partial charge in [0.2, 0.25) is 8.32 Å². The molecule has 44 heavy (non-hydrogen) atoms. The van der Waals surface area contributed by atoms with Crippen LogP contribution >= 0.6 is 0 Å². The number of carbonyl (C=O) groups excluding carboxylic acids is 1. The lowest BCUT2D eigenvalue weighted by atomic mass is 10.1. The standard InChI is InChI=1S/C32H35N5O6Si/c1-21-29(31(39)37(22-9-7-6-8-10-22)36(21)19-32(2,3)40)30(38)35-28-14-12-24(18-34-28)43-27-15-16-33-26-17-23(11-13-25(26)27)42-20-44(4,5)41/h6-18,40-41H,19-20H2,1-5H3,(H,34,35,38). The first-order chi connectivity index (χ1) is 20.8. The van der Waals surface area contributed by atoms with Gasteiger partial charge in [-0.2, -0.15) is 0 Å². The molecule has 0 radical (unpaired) electrons. The fourth-order valence-corrected chi connectivity index (χ4v) is 5.17. The van der Waals surface area contributed by atoms with Crippen molar-refractivity contribution in [1.29, 1.82) is 0 Å². The molecule has 2 aromatic carbocycles. The van der Waals surface area contributed by atoms with E-state index in [1.165, 1.54) is 10.9 Å². The van der Waals surface area contributed by atoms with E-state index in [9.17, 15) is 19.5 Å². The number of anilines is 1. The third-order valence-corrected chi connectivity index (χ3v) is 7.48. The van der Waals surface area contributed by atoms with Gasteiger partial charge in [-0.3, -0.25) is 19.3 Å². The molecule has 0 saturated carbocycles. The maximum absolute atomic E-state index is 13.5. The second-order valence-electron chi connectivity index (χ2n) is 11.8. The molecular formula is C32H35N5O6Si. The molecule has 5 aromatic rings. The monoisotopic (exact) mass is 613 g/mol. The van der Waals surface area contributed by atoms with Crippen molar-refractivity contribution in [3.8, 4) is 22.9 Å². The lowest BCUT2D eigenvalue weighted by molar-refractivity contribution is 0.0546. The minimum Gasteiger partial charge on any atom is -0.494 e. The van der Waals surface area contributed by atoms with Gasteiger partial charge in [0.15, 0.2) is 0 Å². The number of fused-ring (bicyclic) bond motifs is 1. The van der Waals surface area contributed by atoms with Gasteiger partial charge < -0.3 is 24.7 Å². The molecule has 0 spiro atoms. The van der Waals surface area contributed by atoms with Gasteiger partial charge in [-0.15, -0.1) is 0 Å². The van der Waals surface area contributed by atoms with Crippen LogP contribution in [0.2, 0.25) is 13.1 Å². The number of hydrogen-bond acceptors (Lipinski definition) is 8. The normalized spacial score (nSPS) is 11.9. The van der Waals surface area contributed by atoms with E-state index in [0.29, 0.717) is 34.1 Å². The molecule has 1 amide bonds. The fraction of sp³-hybridized carbons (Fsp3) is 0.250. The minimum atomic E-state index is -2.36. The summed E-state index contributed by atoms with van der Waals surface area (Å²) in [5.74, 6) is 1.22. The number of aromatic nitrogens is 4. The molecule has 0 aliphatic heterocycles. The molecule has 0 aliphatic rings. The van der Waals surface area contributed by atoms with Crippen molar-refractivity contribution >= 4 is 30.9 Å². The summed E-state index contributed by atoms with van der Waals surface area (Å²) in [7, 11) is -2.36. The Kier molecular flexibility index (Phi) is 8.41. The van der Waals surface area contributed by atoms with Crippen molar-refractivity contribution in [3.63, 3.8) is 0 Å². The number of aliphatic hydroxyl groups is 1. The summed E-state index contributed by atoms with van der Waals surface area (Å²) in [6.07, 6.45) is 3.38. The summed E-state index contributed by atoms with van der Waals surface area (Å²) >= 11 is 0. The zero-order valence-electron chi connectivity index (χ0n) is 25.2. The van der Waals surface area contributed by atoms with Crippen LogP contribution in [0, 0.1) is 6.92 Å². The summed E-state index contributed by atoms with van der Waals surface area (Å²) < 4.78 is 14.8. The summed E-state index contributed by atoms with van der Waals surface area (Å²) in [5, 5.41) is 14.0. The van der Waals surface area contributed by atoms with E-state index >= 15 is 0 Å². The third-order valence-electron chi connectivity index (χ3n) is 6.63. The minimum absolute atomic E-state index is 0.0447. The summed E-state index contributed by atoms with van der Waals surface area (Å²) in [6, 6.07) is 19.4. The highest BCUT2D eigenvalue weighted by Crippen LogP contribution is 2.31. The van der Waals surface area contributed by atoms with Gasteiger partial charge in [0.05, 0.1) is 35.2 Å². The summed E-state index contributed by atoms with van der Waals surface area (Å²) in [5.41, 5.74) is -0.0211. The van der Waals surface area contributed by atoms with Crippen LogP contribution in [0.4, 0.5) is 5.82 Å². The van der Waals surface area contributed by atoms with E-state index in [1.54, 1.807) is 86.2 Å². The predicted molar refractivity (Wildman–Crippen MR) is 170 cm³/mol. The number of amides is 1. The highest BCUT2D eigenvalue weighted by molar-refractivity contribution is 6.69. The Morgan fingerprint density at radius 3 is 2.41 bits per heavy atom. The number of hydrogen-bond donors (Lipinski definition) is 3. The van der Waals surface area contributed by atoms with Crippen molar-refractivity contribution in [3.05, 3.63) is 101 Å². The van der Waals surface area contributed by atoms with Gasteiger partial charge >= 0.3 is 0 Å². The van der Waals surface area contributed by atoms with Gasteiger partial charge in [-0.1, -0.05) is 18.2 Å². The number of benzene rings is 2. The molecule has 12 heteroatoms. The first kappa shape index (κ1) is 30.7. The smallest absolute Gasteiger partial charge is 0.284 e. The molecule has 228 valence electrons. The van der Waals surface area contributed by atoms with Gasteiger partial charge in [0.1, 0.15) is 34.9 Å². The van der Waals surface area contributed by atoms with E-state index in [-0.39, 0.29) is 24.2 Å². The summed E-state index contributed by atoms with van der Waals surface area (Å²) in [6.45, 7) is 8.67. The highest BCUT2D eigenvalue weighted by atomic mass is 28.4. The van der Waals surface area contributed by atoms with Crippen LogP contribution in [0.3, 0.4) is 0 Å². The largest absolute Gasteiger partial charge is 0.494 e. The van der Waals surface area contributed by atoms with Crippen molar-refractivity contribution in [2.75, 3.05) is 11.5 Å². The number of rotatable bonds is 10. The number of carbonyl (C=O) groups is 1. The Bertz CT molecular complexity index is 1860. The number of para-hydroxylation sites is 1. The summed E-state index contributed by atoms with van der Waals surface area (Å²) in [4.78, 5) is 45.7. The van der Waals surface area contributed by atoms with Gasteiger partial charge in [0.25, 0.3) is 11.5 Å². The zero-order chi connectivity index (χ0) is 31.6. The Hall–Kier alpha value is -4.78. The molecule has 0 aliphatic carbocycles. The maximum atomic E-state index is 13.5. The lowest BCUT2D eigenvalue weighted by Gasteiger charge is -2.22. The van der Waals surface area contributed by atoms with Gasteiger partial charge in [-0.25, -0.2) is 9.67 Å². The van der Waals surface area contributed by atoms with Crippen LogP contribution in [0.5, 0.6) is 17.2 Å². The van der Waals surface area contributed by atoms with E-state index in [1.807, 2.05) is 25.2 Å². The SMILES string of the molecule is Cc1c(C(=O)Nc2ccc(Oc3ccnc4cc(OC[Si](C)(C)O)ccc34)cn2)c(=O)n(-c2ccccc2)n1CC(C)(C)O. The molecule has 0 fully saturated rings. The zero-order valence-corrected chi connectivity index (χ0v) is 26.2. The van der Waals surface area contributed by atoms with Crippen LogP contribution in [-0.4, -0.2) is 55.3 Å². The average Bonchev–Trinajstić information content (AvgIpc) is 3.20. The average molecular weight is 614 g/mol. The molecule has 3 aromatic heterocycles. The Balaban J connectivity index is 1.35. The first-order valence-electron chi connectivity index (χ1n) is 14.1. The van der Waals surface area contributed by atoms with Crippen molar-refractivity contribution < 1.29 is 24.2 Å². The lowest BCUT2D eigenvalue weighted by Crippen LogP contribution is -2.34. The molecular weight excluding hydrogens is 578 g/mol. The predicted octanol–water partition coefficient (Wildman–Crippen LogP) is 4.82. The molecule has 0 saturated heterocycles. The molecule has 0 bridgehead atoms. The Labute approximate surface area is 255 Å². The van der Waals surface area contributed by atoms with Crippen molar-refractivity contribution in [1.82, 2.24) is 19.3 Å². The number of ether oxygens (including phenoxy) is 2. The van der Waals surface area contributed by atoms with Crippen LogP contribution in [0.15, 0.2) is 83.9 Å². The molecule has 3 N–H and O–H groups in total. The van der Waals surface area contributed by atoms with E-state index in [0.717, 1.165) is 5.39 Å². The third kappa shape index (κ3) is 7.05. The van der Waals surface area contributed by atoms with Crippen molar-refractivity contribution in [2.45, 2.75) is 46.0 Å². The quantitative estimate of drug-likeness (QED) is 0.191. The Morgan fingerprint density at radius 1 is 1.02 bits per heavy atom. The molecule has 3 heterocycles. The highest BCUT2D eigenvalue weighted by Gasteiger charge is 2.27.